The third-order valence-electron chi connectivity index (χ3n) is 6.15. The van der Waals surface area contributed by atoms with Gasteiger partial charge in [0.05, 0.1) is 17.9 Å². The van der Waals surface area contributed by atoms with E-state index in [0.717, 1.165) is 24.2 Å². The van der Waals surface area contributed by atoms with Gasteiger partial charge in [-0.3, -0.25) is 24.1 Å². The highest BCUT2D eigenvalue weighted by atomic mass is 16.5. The van der Waals surface area contributed by atoms with Crippen LogP contribution in [0, 0.1) is 23.2 Å². The van der Waals surface area contributed by atoms with Crippen molar-refractivity contribution >= 4 is 23.7 Å². The van der Waals surface area contributed by atoms with Crippen LogP contribution in [0.3, 0.4) is 0 Å². The molecule has 0 aromatic heterocycles. The average Bonchev–Trinajstić information content (AvgIpc) is 2.97. The number of likely N-dealkylation sites (N-methyl/N-ethyl adjacent to an activating group) is 1. The van der Waals surface area contributed by atoms with Crippen LogP contribution in [0.1, 0.15) is 44.9 Å². The van der Waals surface area contributed by atoms with Crippen LogP contribution in [0.5, 0.6) is 0 Å². The molecular weight excluding hydrogens is 362 g/mol. The van der Waals surface area contributed by atoms with Gasteiger partial charge >= 0.3 is 5.97 Å². The molecule has 0 unspecified atom stereocenters. The van der Waals surface area contributed by atoms with Gasteiger partial charge in [-0.15, -0.1) is 0 Å². The minimum absolute atomic E-state index is 0.356. The Balaban J connectivity index is 1.53. The van der Waals surface area contributed by atoms with Crippen molar-refractivity contribution in [3.05, 3.63) is 12.2 Å². The van der Waals surface area contributed by atoms with Crippen LogP contribution in [0.2, 0.25) is 0 Å². The topological polar surface area (TPSA) is 108 Å². The fraction of sp³-hybridized carbons (Fsp3) is 0.650. The molecule has 0 aromatic rings. The number of nitrogens with zero attached hydrogens (tertiary/aromatic N) is 3. The molecule has 0 N–H and O–H groups in total. The number of nitriles is 1. The van der Waals surface area contributed by atoms with Gasteiger partial charge in [0, 0.05) is 7.05 Å². The first-order chi connectivity index (χ1) is 13.4. The zero-order chi connectivity index (χ0) is 20.3. The summed E-state index contributed by atoms with van der Waals surface area (Å²) in [6.45, 7) is -0.992. The van der Waals surface area contributed by atoms with Crippen molar-refractivity contribution in [2.24, 2.45) is 11.8 Å². The van der Waals surface area contributed by atoms with Crippen LogP contribution in [0.25, 0.3) is 0 Å². The van der Waals surface area contributed by atoms with Gasteiger partial charge < -0.3 is 9.64 Å². The Bertz CT molecular complexity index is 721. The summed E-state index contributed by atoms with van der Waals surface area (Å²) in [7, 11) is 1.55. The SMILES string of the molecule is CN(C(=O)COC(=O)CN1C(=O)[C@@H]2CC=CC[C@H]2C1=O)C1(C#N)CCCCC1. The van der Waals surface area contributed by atoms with E-state index in [0.29, 0.717) is 25.7 Å². The summed E-state index contributed by atoms with van der Waals surface area (Å²) >= 11 is 0. The smallest absolute Gasteiger partial charge is 0.326 e. The number of carbonyl (C=O) groups is 4. The van der Waals surface area contributed by atoms with Gasteiger partial charge in [-0.05, 0) is 25.7 Å². The Hall–Kier alpha value is -2.69. The number of imide groups is 1. The fourth-order valence-electron chi connectivity index (χ4n) is 4.34. The third-order valence-corrected chi connectivity index (χ3v) is 6.15. The molecule has 1 heterocycles. The number of fused-ring (bicyclic) bond motifs is 1. The summed E-state index contributed by atoms with van der Waals surface area (Å²) in [6.07, 6.45) is 8.75. The zero-order valence-corrected chi connectivity index (χ0v) is 16.1. The van der Waals surface area contributed by atoms with Crippen molar-refractivity contribution in [1.82, 2.24) is 9.80 Å². The highest BCUT2D eigenvalue weighted by Gasteiger charge is 2.48. The zero-order valence-electron chi connectivity index (χ0n) is 16.1. The maximum absolute atomic E-state index is 12.4. The molecule has 2 atom stereocenters. The van der Waals surface area contributed by atoms with Crippen LogP contribution in [0.15, 0.2) is 12.2 Å². The molecule has 28 heavy (non-hydrogen) atoms. The molecule has 3 amide bonds. The minimum atomic E-state index is -0.856. The lowest BCUT2D eigenvalue weighted by Gasteiger charge is -2.38. The second-order valence-corrected chi connectivity index (χ2v) is 7.74. The van der Waals surface area contributed by atoms with Crippen LogP contribution in [0.4, 0.5) is 0 Å². The minimum Gasteiger partial charge on any atom is -0.454 e. The number of hydrogen-bond donors (Lipinski definition) is 0. The summed E-state index contributed by atoms with van der Waals surface area (Å²) in [5.74, 6) is -2.78. The fourth-order valence-corrected chi connectivity index (χ4v) is 4.34. The van der Waals surface area contributed by atoms with Gasteiger partial charge in [-0.2, -0.15) is 5.26 Å². The molecule has 150 valence electrons. The molecule has 0 bridgehead atoms. The van der Waals surface area contributed by atoms with Crippen LogP contribution in [-0.4, -0.2) is 59.2 Å². The largest absolute Gasteiger partial charge is 0.454 e. The monoisotopic (exact) mass is 387 g/mol. The Morgan fingerprint density at radius 2 is 1.75 bits per heavy atom. The van der Waals surface area contributed by atoms with Gasteiger partial charge in [-0.25, -0.2) is 0 Å². The molecule has 1 aliphatic heterocycles. The second-order valence-electron chi connectivity index (χ2n) is 7.74. The van der Waals surface area contributed by atoms with E-state index in [2.05, 4.69) is 6.07 Å². The summed E-state index contributed by atoms with van der Waals surface area (Å²) in [4.78, 5) is 51.6. The van der Waals surface area contributed by atoms with Crippen LogP contribution >= 0.6 is 0 Å². The molecule has 3 rings (SSSR count). The molecule has 8 nitrogen and oxygen atoms in total. The van der Waals surface area contributed by atoms with E-state index < -0.39 is 42.4 Å². The Kier molecular flexibility index (Phi) is 5.82. The summed E-state index contributed by atoms with van der Waals surface area (Å²) in [6, 6.07) is 2.25. The van der Waals surface area contributed by atoms with Gasteiger partial charge in [0.15, 0.2) is 6.61 Å². The Morgan fingerprint density at radius 1 is 1.18 bits per heavy atom. The maximum Gasteiger partial charge on any atom is 0.326 e. The van der Waals surface area contributed by atoms with E-state index in [9.17, 15) is 24.4 Å². The van der Waals surface area contributed by atoms with Crippen LogP contribution < -0.4 is 0 Å². The summed E-state index contributed by atoms with van der Waals surface area (Å²) in [5, 5.41) is 9.55. The molecule has 0 aromatic carbocycles. The van der Waals surface area contributed by atoms with Crippen LogP contribution in [-0.2, 0) is 23.9 Å². The van der Waals surface area contributed by atoms with E-state index in [1.807, 2.05) is 12.2 Å². The number of carbonyl (C=O) groups excluding carboxylic acids is 4. The van der Waals surface area contributed by atoms with E-state index in [4.69, 9.17) is 4.74 Å². The van der Waals surface area contributed by atoms with E-state index in [1.54, 1.807) is 7.05 Å². The number of esters is 1. The first kappa shape index (κ1) is 20.1. The summed E-state index contributed by atoms with van der Waals surface area (Å²) in [5.41, 5.74) is -0.856. The van der Waals surface area contributed by atoms with Crippen molar-refractivity contribution in [3.63, 3.8) is 0 Å². The van der Waals surface area contributed by atoms with Crippen molar-refractivity contribution in [2.75, 3.05) is 20.2 Å². The number of allylic oxidation sites excluding steroid dienone is 2. The highest BCUT2D eigenvalue weighted by molar-refractivity contribution is 6.07. The number of hydrogen-bond acceptors (Lipinski definition) is 6. The number of likely N-dealkylation sites (tertiary alicyclic amines) is 1. The first-order valence-electron chi connectivity index (χ1n) is 9.73. The molecule has 2 aliphatic carbocycles. The van der Waals surface area contributed by atoms with Crippen molar-refractivity contribution < 1.29 is 23.9 Å². The Labute approximate surface area is 164 Å². The van der Waals surface area contributed by atoms with Crippen molar-refractivity contribution in [2.45, 2.75) is 50.5 Å². The van der Waals surface area contributed by atoms with Crippen molar-refractivity contribution in [1.29, 1.82) is 5.26 Å². The van der Waals surface area contributed by atoms with Gasteiger partial charge in [0.1, 0.15) is 12.1 Å². The third kappa shape index (κ3) is 3.66. The number of rotatable bonds is 5. The van der Waals surface area contributed by atoms with Gasteiger partial charge in [-0.1, -0.05) is 31.4 Å². The average molecular weight is 387 g/mol. The highest BCUT2D eigenvalue weighted by Crippen LogP contribution is 2.35. The second kappa shape index (κ2) is 8.13. The molecule has 1 saturated heterocycles. The molecule has 2 fully saturated rings. The lowest BCUT2D eigenvalue weighted by Crippen LogP contribution is -2.51. The number of ether oxygens (including phenoxy) is 1. The normalized spacial score (nSPS) is 25.8. The Morgan fingerprint density at radius 3 is 2.29 bits per heavy atom. The van der Waals surface area contributed by atoms with Gasteiger partial charge in [0.2, 0.25) is 11.8 Å². The lowest BCUT2D eigenvalue weighted by atomic mass is 9.81. The lowest BCUT2D eigenvalue weighted by molar-refractivity contribution is -0.157. The molecule has 1 saturated carbocycles. The number of amides is 3. The predicted octanol–water partition coefficient (Wildman–Crippen LogP) is 1.17. The molecule has 0 spiro atoms. The molecule has 8 heteroatoms. The molecule has 3 aliphatic rings. The molecule has 0 radical (unpaired) electrons. The van der Waals surface area contributed by atoms with Gasteiger partial charge in [0.25, 0.3) is 5.91 Å². The van der Waals surface area contributed by atoms with E-state index >= 15 is 0 Å². The first-order valence-corrected chi connectivity index (χ1v) is 9.73. The standard InChI is InChI=1S/C20H25N3O5/c1-22(20(13-21)9-5-2-6-10-20)16(24)12-28-17(25)11-23-18(26)14-7-3-4-8-15(14)19(23)27/h3-4,14-15H,2,5-12H2,1H3/t14-,15-/m1/s1. The van der Waals surface area contributed by atoms with E-state index in [-0.39, 0.29) is 11.8 Å². The molecular formula is C20H25N3O5. The van der Waals surface area contributed by atoms with Crippen molar-refractivity contribution in [3.8, 4) is 6.07 Å². The maximum atomic E-state index is 12.4. The predicted molar refractivity (Wildman–Crippen MR) is 97.2 cm³/mol. The van der Waals surface area contributed by atoms with E-state index in [1.165, 1.54) is 4.90 Å². The quantitative estimate of drug-likeness (QED) is 0.398. The summed E-state index contributed by atoms with van der Waals surface area (Å²) < 4.78 is 5.02.